The van der Waals surface area contributed by atoms with Gasteiger partial charge in [0.15, 0.2) is 6.29 Å². The Morgan fingerprint density at radius 3 is 2.39 bits per heavy atom. The third kappa shape index (κ3) is 15.7. The predicted octanol–water partition coefficient (Wildman–Crippen LogP) is -0.771. The summed E-state index contributed by atoms with van der Waals surface area (Å²) in [7, 11) is 1.47. The summed E-state index contributed by atoms with van der Waals surface area (Å²) in [5, 5.41) is 7.83. The molecule has 0 saturated carbocycles. The van der Waals surface area contributed by atoms with Crippen LogP contribution in [0.15, 0.2) is 15.8 Å². The highest BCUT2D eigenvalue weighted by Crippen LogP contribution is 2.33. The van der Waals surface area contributed by atoms with E-state index in [1.165, 1.54) is 31.7 Å². The first-order chi connectivity index (χ1) is 27.2. The second kappa shape index (κ2) is 24.2. The highest BCUT2D eigenvalue weighted by Gasteiger charge is 2.43. The Kier molecular flexibility index (Phi) is 19.8. The van der Waals surface area contributed by atoms with Crippen LogP contribution in [0.1, 0.15) is 72.1 Å². The number of ether oxygens (including phenoxy) is 8. The molecule has 1 aromatic rings. The van der Waals surface area contributed by atoms with E-state index in [0.29, 0.717) is 6.42 Å². The summed E-state index contributed by atoms with van der Waals surface area (Å²) in [4.78, 5) is 86.1. The van der Waals surface area contributed by atoms with Crippen LogP contribution in [0.3, 0.4) is 0 Å². The predicted molar refractivity (Wildman–Crippen MR) is 198 cm³/mol. The van der Waals surface area contributed by atoms with E-state index < -0.39 is 66.0 Å². The molecule has 3 rings (SSSR count). The summed E-state index contributed by atoms with van der Waals surface area (Å²) in [6, 6.07) is -0.408. The highest BCUT2D eigenvalue weighted by atomic mass is 16.7. The van der Waals surface area contributed by atoms with Gasteiger partial charge in [-0.3, -0.25) is 38.3 Å². The van der Waals surface area contributed by atoms with Crippen LogP contribution in [-0.4, -0.2) is 130 Å². The maximum absolute atomic E-state index is 12.6. The molecule has 6 unspecified atom stereocenters. The molecule has 0 radical (unpaired) electrons. The first-order valence-corrected chi connectivity index (χ1v) is 18.8. The van der Waals surface area contributed by atoms with Crippen LogP contribution < -0.4 is 27.2 Å². The van der Waals surface area contributed by atoms with Crippen LogP contribution >= 0.6 is 0 Å². The zero-order valence-electron chi connectivity index (χ0n) is 33.3. The van der Waals surface area contributed by atoms with Gasteiger partial charge in [0.1, 0.15) is 44.4 Å². The molecule has 1 aromatic heterocycles. The van der Waals surface area contributed by atoms with Crippen LogP contribution in [-0.2, 0) is 61.9 Å². The van der Waals surface area contributed by atoms with Crippen LogP contribution in [0.2, 0.25) is 0 Å². The Bertz CT molecular complexity index is 1690. The Labute approximate surface area is 330 Å². The van der Waals surface area contributed by atoms with Gasteiger partial charge in [0.2, 0.25) is 17.7 Å². The molecule has 20 nitrogen and oxygen atoms in total. The quantitative estimate of drug-likeness (QED) is 0.0515. The third-order valence-corrected chi connectivity index (χ3v) is 9.27. The number of esters is 2. The number of carbonyl (C=O) groups is 5. The fraction of sp³-hybridized carbons (Fsp3) is 0.703. The topological polar surface area (TPSA) is 250 Å². The van der Waals surface area contributed by atoms with Crippen LogP contribution in [0.5, 0.6) is 0 Å². The van der Waals surface area contributed by atoms with Crippen molar-refractivity contribution in [1.29, 1.82) is 0 Å². The molecule has 2 aliphatic heterocycles. The monoisotopic (exact) mass is 809 g/mol. The van der Waals surface area contributed by atoms with E-state index in [2.05, 4.69) is 32.8 Å². The summed E-state index contributed by atoms with van der Waals surface area (Å²) < 4.78 is 45.8. The number of hydrogen-bond acceptors (Lipinski definition) is 15. The Hall–Kier alpha value is -4.65. The smallest absolute Gasteiger partial charge is 0.330 e. The van der Waals surface area contributed by atoms with E-state index in [1.54, 1.807) is 0 Å². The lowest BCUT2D eigenvalue weighted by molar-refractivity contribution is -0.247. The van der Waals surface area contributed by atoms with Gasteiger partial charge in [-0.05, 0) is 18.3 Å². The minimum absolute atomic E-state index is 0.0120. The van der Waals surface area contributed by atoms with Crippen molar-refractivity contribution < 1.29 is 61.9 Å². The molecule has 0 aliphatic carbocycles. The van der Waals surface area contributed by atoms with Crippen molar-refractivity contribution in [3.8, 4) is 11.8 Å². The molecule has 57 heavy (non-hydrogen) atoms. The number of aromatic nitrogens is 2. The molecule has 4 N–H and O–H groups in total. The van der Waals surface area contributed by atoms with Crippen molar-refractivity contribution in [3.05, 3.63) is 32.6 Å². The van der Waals surface area contributed by atoms with E-state index >= 15 is 0 Å². The van der Waals surface area contributed by atoms with Gasteiger partial charge >= 0.3 is 17.6 Å². The van der Waals surface area contributed by atoms with Gasteiger partial charge < -0.3 is 53.8 Å². The van der Waals surface area contributed by atoms with Gasteiger partial charge in [0, 0.05) is 39.9 Å². The first kappa shape index (κ1) is 46.7. The van der Waals surface area contributed by atoms with Gasteiger partial charge in [0.25, 0.3) is 5.56 Å². The zero-order chi connectivity index (χ0) is 41.9. The average Bonchev–Trinajstić information content (AvgIpc) is 3.57. The largest absolute Gasteiger partial charge is 0.463 e. The summed E-state index contributed by atoms with van der Waals surface area (Å²) >= 11 is 0. The van der Waals surface area contributed by atoms with Crippen molar-refractivity contribution >= 4 is 29.7 Å². The number of nitrogens with one attached hydrogen (secondary N) is 4. The number of aromatic amines is 1. The second-order valence-electron chi connectivity index (χ2n) is 13.4. The van der Waals surface area contributed by atoms with E-state index in [0.717, 1.165) is 0 Å². The number of amides is 3. The summed E-state index contributed by atoms with van der Waals surface area (Å²) in [6.45, 7) is 8.65. The molecule has 2 saturated heterocycles. The van der Waals surface area contributed by atoms with Crippen LogP contribution in [0.4, 0.5) is 0 Å². The van der Waals surface area contributed by atoms with Gasteiger partial charge in [0.05, 0.1) is 51.1 Å². The minimum atomic E-state index is -0.833. The maximum Gasteiger partial charge on any atom is 0.330 e. The number of carbonyl (C=O) groups excluding carboxylic acids is 5. The molecule has 0 spiro atoms. The number of hydrogen-bond donors (Lipinski definition) is 4. The van der Waals surface area contributed by atoms with Gasteiger partial charge in [-0.1, -0.05) is 32.6 Å². The molecule has 3 heterocycles. The third-order valence-electron chi connectivity index (χ3n) is 9.27. The molecule has 0 bridgehead atoms. The Morgan fingerprint density at radius 2 is 1.68 bits per heavy atom. The lowest BCUT2D eigenvalue weighted by Gasteiger charge is -2.44. The maximum atomic E-state index is 12.6. The molecule has 2 fully saturated rings. The van der Waals surface area contributed by atoms with Crippen molar-refractivity contribution in [3.63, 3.8) is 0 Å². The van der Waals surface area contributed by atoms with Crippen LogP contribution in [0.25, 0.3) is 0 Å². The SMILES string of the molecule is CC[C@H]1O[C@@H](n2cc(C#CCOCNC(=O)COCCOCCOC3OC(COC(C)=O)C(C)C(C)C3NC(C)=O)c(=O)[nH]c2=O)CC1OC(=O)CCC(=O)NC. The highest BCUT2D eigenvalue weighted by molar-refractivity contribution is 5.81. The number of nitrogens with zero attached hydrogens (tertiary/aromatic N) is 1. The van der Waals surface area contributed by atoms with E-state index in [-0.39, 0.29) is 101 Å². The minimum Gasteiger partial charge on any atom is -0.463 e. The van der Waals surface area contributed by atoms with E-state index in [1.807, 2.05) is 20.8 Å². The van der Waals surface area contributed by atoms with Crippen LogP contribution in [0, 0.1) is 23.7 Å². The van der Waals surface area contributed by atoms with Crippen molar-refractivity contribution in [2.75, 3.05) is 60.0 Å². The van der Waals surface area contributed by atoms with Crippen molar-refractivity contribution in [2.45, 2.75) is 97.2 Å². The lowest BCUT2D eigenvalue weighted by atomic mass is 9.82. The van der Waals surface area contributed by atoms with Gasteiger partial charge in [-0.25, -0.2) is 4.79 Å². The fourth-order valence-corrected chi connectivity index (χ4v) is 6.00. The number of rotatable bonds is 21. The Balaban J connectivity index is 1.33. The molecule has 2 aliphatic rings. The van der Waals surface area contributed by atoms with Crippen molar-refractivity contribution in [2.24, 2.45) is 11.8 Å². The average molecular weight is 810 g/mol. The fourth-order valence-electron chi connectivity index (χ4n) is 6.00. The number of H-pyrrole nitrogens is 1. The van der Waals surface area contributed by atoms with Gasteiger partial charge in [-0.2, -0.15) is 0 Å². The summed E-state index contributed by atoms with van der Waals surface area (Å²) in [5.41, 5.74) is -1.46. The Morgan fingerprint density at radius 1 is 0.947 bits per heavy atom. The summed E-state index contributed by atoms with van der Waals surface area (Å²) in [5.74, 6) is 3.32. The standard InChI is InChI=1S/C37H55N5O15/c1-7-27-28(56-33(47)11-10-30(45)38-6)17-32(55-27)42-18-26(35(48)41-37(42)49)9-8-12-52-21-39-31(46)20-51-14-13-50-15-16-53-36-34(40-24(4)43)23(3)22(2)29(57-36)19-54-25(5)44/h18,22-23,27-29,32,34,36H,7,10-17,19-21H2,1-6H3,(H,38,45)(H,39,46)(H,40,43)(H,41,48,49)/t22?,23?,27-,28?,29?,32-,34?,36?/m1/s1. The molecule has 3 amide bonds. The van der Waals surface area contributed by atoms with Gasteiger partial charge in [-0.15, -0.1) is 0 Å². The molecular weight excluding hydrogens is 754 g/mol. The first-order valence-electron chi connectivity index (χ1n) is 18.8. The molecular formula is C37H55N5O15. The zero-order valence-corrected chi connectivity index (χ0v) is 33.3. The molecule has 0 aromatic carbocycles. The van der Waals surface area contributed by atoms with E-state index in [4.69, 9.17) is 37.9 Å². The molecule has 8 atom stereocenters. The normalized spacial score (nSPS) is 24.1. The summed E-state index contributed by atoms with van der Waals surface area (Å²) in [6.07, 6.45) is -1.38. The van der Waals surface area contributed by atoms with E-state index in [9.17, 15) is 33.6 Å². The van der Waals surface area contributed by atoms with Crippen molar-refractivity contribution in [1.82, 2.24) is 25.5 Å². The molecule has 20 heteroatoms. The second-order valence-corrected chi connectivity index (χ2v) is 13.4. The lowest BCUT2D eigenvalue weighted by Crippen LogP contribution is -2.58. The molecule has 318 valence electrons.